The van der Waals surface area contributed by atoms with E-state index in [1.807, 2.05) is 33.7 Å². The van der Waals surface area contributed by atoms with Crippen molar-refractivity contribution in [2.75, 3.05) is 13.1 Å². The lowest BCUT2D eigenvalue weighted by molar-refractivity contribution is -0.0741. The first-order valence-electron chi connectivity index (χ1n) is 11.1. The number of amides is 1. The van der Waals surface area contributed by atoms with Crippen LogP contribution in [0, 0.1) is 5.82 Å². The molecule has 33 heavy (non-hydrogen) atoms. The van der Waals surface area contributed by atoms with E-state index >= 15 is 0 Å². The number of ether oxygens (including phenoxy) is 1. The first-order valence-corrected chi connectivity index (χ1v) is 11.5. The number of halogens is 2. The Bertz CT molecular complexity index is 1390. The minimum absolute atomic E-state index is 0.0291. The molecule has 2 aliphatic rings. The van der Waals surface area contributed by atoms with E-state index in [0.29, 0.717) is 36.0 Å². The number of benzene rings is 3. The summed E-state index contributed by atoms with van der Waals surface area (Å²) in [5.41, 5.74) is 4.22. The van der Waals surface area contributed by atoms with Gasteiger partial charge in [0.15, 0.2) is 0 Å². The molecule has 0 unspecified atom stereocenters. The zero-order chi connectivity index (χ0) is 22.6. The van der Waals surface area contributed by atoms with Crippen molar-refractivity contribution >= 4 is 28.4 Å². The molecule has 4 aromatic rings. The van der Waals surface area contributed by atoms with Gasteiger partial charge in [0.05, 0.1) is 23.3 Å². The Morgan fingerprint density at radius 2 is 1.82 bits per heavy atom. The third-order valence-corrected chi connectivity index (χ3v) is 7.19. The van der Waals surface area contributed by atoms with Gasteiger partial charge in [-0.3, -0.25) is 4.79 Å². The van der Waals surface area contributed by atoms with E-state index in [9.17, 15) is 9.18 Å². The van der Waals surface area contributed by atoms with Crippen LogP contribution in [0.3, 0.4) is 0 Å². The molecule has 1 amide bonds. The van der Waals surface area contributed by atoms with Crippen LogP contribution in [-0.4, -0.2) is 28.5 Å². The van der Waals surface area contributed by atoms with Crippen LogP contribution in [0.4, 0.5) is 4.39 Å². The molecule has 0 aliphatic carbocycles. The monoisotopic (exact) mass is 460 g/mol. The fraction of sp³-hybridized carbons (Fsp3) is 0.222. The zero-order valence-corrected chi connectivity index (χ0v) is 18.7. The number of hydrogen-bond donors (Lipinski definition) is 0. The number of hydrogen-bond acceptors (Lipinski definition) is 2. The number of nitrogens with zero attached hydrogens (tertiary/aromatic N) is 2. The predicted octanol–water partition coefficient (Wildman–Crippen LogP) is 6.08. The molecule has 1 fully saturated rings. The quantitative estimate of drug-likeness (QED) is 0.363. The Labute approximate surface area is 196 Å². The minimum atomic E-state index is -0.331. The van der Waals surface area contributed by atoms with Crippen molar-refractivity contribution in [1.82, 2.24) is 9.47 Å². The third-order valence-electron chi connectivity index (χ3n) is 6.95. The van der Waals surface area contributed by atoms with Crippen LogP contribution in [0.25, 0.3) is 16.6 Å². The summed E-state index contributed by atoms with van der Waals surface area (Å²) in [6.07, 6.45) is 3.33. The molecule has 6 rings (SSSR count). The summed E-state index contributed by atoms with van der Waals surface area (Å²) in [5.74, 6) is -0.360. The maximum atomic E-state index is 13.9. The van der Waals surface area contributed by atoms with E-state index in [0.717, 1.165) is 23.7 Å². The molecule has 1 aromatic heterocycles. The number of piperidine rings is 1. The highest BCUT2D eigenvalue weighted by atomic mass is 35.5. The van der Waals surface area contributed by atoms with E-state index in [1.165, 1.54) is 23.3 Å². The van der Waals surface area contributed by atoms with Crippen LogP contribution in [-0.2, 0) is 16.9 Å². The lowest BCUT2D eigenvalue weighted by Gasteiger charge is -2.39. The number of rotatable bonds is 2. The second kappa shape index (κ2) is 7.72. The number of carbonyl (C=O) groups is 1. The molecular formula is C27H22ClFN2O2. The van der Waals surface area contributed by atoms with E-state index in [2.05, 4.69) is 18.2 Å². The van der Waals surface area contributed by atoms with Crippen LogP contribution < -0.4 is 0 Å². The molecule has 0 saturated carbocycles. The van der Waals surface area contributed by atoms with E-state index in [4.69, 9.17) is 16.3 Å². The highest BCUT2D eigenvalue weighted by Gasteiger charge is 2.43. The van der Waals surface area contributed by atoms with E-state index in [-0.39, 0.29) is 17.3 Å². The SMILES string of the molecule is O=C(c1cn(-c2cccc(F)c2)c2cc(Cl)ccc12)N1CCC2(CC1)OCc1ccccc12. The summed E-state index contributed by atoms with van der Waals surface area (Å²) in [7, 11) is 0. The first-order chi connectivity index (χ1) is 16.0. The number of likely N-dealkylation sites (tertiary alicyclic amines) is 1. The number of aromatic nitrogens is 1. The maximum absolute atomic E-state index is 13.9. The van der Waals surface area contributed by atoms with Crippen LogP contribution in [0.15, 0.2) is 72.9 Å². The molecule has 1 saturated heterocycles. The smallest absolute Gasteiger partial charge is 0.256 e. The molecule has 1 spiro atoms. The van der Waals surface area contributed by atoms with Gasteiger partial charge < -0.3 is 14.2 Å². The topological polar surface area (TPSA) is 34.5 Å². The van der Waals surface area contributed by atoms with Crippen molar-refractivity contribution in [1.29, 1.82) is 0 Å². The van der Waals surface area contributed by atoms with Crippen LogP contribution >= 0.6 is 11.6 Å². The Morgan fingerprint density at radius 1 is 1.00 bits per heavy atom. The van der Waals surface area contributed by atoms with Crippen LogP contribution in [0.5, 0.6) is 0 Å². The van der Waals surface area contributed by atoms with Gasteiger partial charge in [-0.05, 0) is 54.3 Å². The predicted molar refractivity (Wildman–Crippen MR) is 126 cm³/mol. The Kier molecular flexibility index (Phi) is 4.78. The Hall–Kier alpha value is -3.15. The fourth-order valence-corrected chi connectivity index (χ4v) is 5.42. The van der Waals surface area contributed by atoms with Gasteiger partial charge in [0, 0.05) is 35.4 Å². The average molecular weight is 461 g/mol. The van der Waals surface area contributed by atoms with Gasteiger partial charge >= 0.3 is 0 Å². The second-order valence-electron chi connectivity index (χ2n) is 8.79. The molecule has 0 N–H and O–H groups in total. The van der Waals surface area contributed by atoms with Gasteiger partial charge in [-0.15, -0.1) is 0 Å². The normalized spacial score (nSPS) is 17.0. The van der Waals surface area contributed by atoms with Crippen molar-refractivity contribution in [2.45, 2.75) is 25.0 Å². The number of fused-ring (bicyclic) bond motifs is 3. The van der Waals surface area contributed by atoms with E-state index in [1.54, 1.807) is 18.3 Å². The van der Waals surface area contributed by atoms with Crippen molar-refractivity contribution in [2.24, 2.45) is 0 Å². The van der Waals surface area contributed by atoms with Gasteiger partial charge in [-0.25, -0.2) is 4.39 Å². The lowest BCUT2D eigenvalue weighted by atomic mass is 9.83. The van der Waals surface area contributed by atoms with Gasteiger partial charge in [0.1, 0.15) is 5.82 Å². The molecule has 0 radical (unpaired) electrons. The molecule has 6 heteroatoms. The molecule has 0 atom stereocenters. The standard InChI is InChI=1S/C27H22ClFN2O2/c28-19-8-9-22-23(16-31(25(22)14-19)21-6-3-5-20(29)15-21)26(32)30-12-10-27(11-13-30)24-7-2-1-4-18(24)17-33-27/h1-9,14-16H,10-13,17H2. The van der Waals surface area contributed by atoms with Gasteiger partial charge in [-0.2, -0.15) is 0 Å². The Morgan fingerprint density at radius 3 is 2.64 bits per heavy atom. The molecule has 0 bridgehead atoms. The number of carbonyl (C=O) groups excluding carboxylic acids is 1. The summed E-state index contributed by atoms with van der Waals surface area (Å²) in [6.45, 7) is 1.87. The summed E-state index contributed by atoms with van der Waals surface area (Å²) in [5, 5.41) is 1.37. The van der Waals surface area contributed by atoms with Gasteiger partial charge in [-0.1, -0.05) is 48.0 Å². The second-order valence-corrected chi connectivity index (χ2v) is 9.22. The molecule has 4 nitrogen and oxygen atoms in total. The van der Waals surface area contributed by atoms with Crippen molar-refractivity contribution < 1.29 is 13.9 Å². The molecule has 2 aliphatic heterocycles. The largest absolute Gasteiger partial charge is 0.365 e. The zero-order valence-electron chi connectivity index (χ0n) is 17.9. The van der Waals surface area contributed by atoms with Gasteiger partial charge in [0.25, 0.3) is 5.91 Å². The highest BCUT2D eigenvalue weighted by molar-refractivity contribution is 6.31. The fourth-order valence-electron chi connectivity index (χ4n) is 5.25. The average Bonchev–Trinajstić information content (AvgIpc) is 3.38. The molecular weight excluding hydrogens is 439 g/mol. The first kappa shape index (κ1) is 20.5. The lowest BCUT2D eigenvalue weighted by Crippen LogP contribution is -2.45. The van der Waals surface area contributed by atoms with Crippen molar-refractivity contribution in [3.05, 3.63) is 100 Å². The summed E-state index contributed by atoms with van der Waals surface area (Å²) in [6, 6.07) is 20.2. The molecule has 3 heterocycles. The minimum Gasteiger partial charge on any atom is -0.365 e. The van der Waals surface area contributed by atoms with Crippen molar-refractivity contribution in [3.63, 3.8) is 0 Å². The van der Waals surface area contributed by atoms with Gasteiger partial charge in [0.2, 0.25) is 0 Å². The van der Waals surface area contributed by atoms with E-state index < -0.39 is 0 Å². The maximum Gasteiger partial charge on any atom is 0.256 e. The molecule has 166 valence electrons. The van der Waals surface area contributed by atoms with Crippen LogP contribution in [0.2, 0.25) is 5.02 Å². The summed E-state index contributed by atoms with van der Waals surface area (Å²) >= 11 is 6.26. The summed E-state index contributed by atoms with van der Waals surface area (Å²) < 4.78 is 22.0. The summed E-state index contributed by atoms with van der Waals surface area (Å²) in [4.78, 5) is 15.5. The van der Waals surface area contributed by atoms with Crippen molar-refractivity contribution in [3.8, 4) is 5.69 Å². The van der Waals surface area contributed by atoms with Crippen LogP contribution in [0.1, 0.15) is 34.3 Å². The Balaban J connectivity index is 1.33. The molecule has 3 aromatic carbocycles. The third kappa shape index (κ3) is 3.35. The highest BCUT2D eigenvalue weighted by Crippen LogP contribution is 2.44.